The van der Waals surface area contributed by atoms with Crippen LogP contribution in [0.3, 0.4) is 0 Å². The summed E-state index contributed by atoms with van der Waals surface area (Å²) in [7, 11) is 5.44. The van der Waals surface area contributed by atoms with E-state index in [4.69, 9.17) is 21.4 Å². The maximum Gasteiger partial charge on any atom is 0.255 e. The number of hydrogen-bond donors (Lipinski definition) is 3. The molecule has 0 spiro atoms. The van der Waals surface area contributed by atoms with Gasteiger partial charge in [0.25, 0.3) is 5.91 Å². The second-order valence-corrected chi connectivity index (χ2v) is 9.67. The van der Waals surface area contributed by atoms with E-state index in [1.165, 1.54) is 18.3 Å². The molecule has 0 radical (unpaired) electrons. The molecule has 1 amide bonds. The average Bonchev–Trinajstić information content (AvgIpc) is 3.32. The van der Waals surface area contributed by atoms with Crippen molar-refractivity contribution in [1.82, 2.24) is 5.32 Å². The smallest absolute Gasteiger partial charge is 0.255 e. The number of hydrogen-bond acceptors (Lipinski definition) is 5. The maximum atomic E-state index is 13.6. The summed E-state index contributed by atoms with van der Waals surface area (Å²) in [4.78, 5) is 15.1. The molecule has 0 saturated carbocycles. The Morgan fingerprint density at radius 2 is 1.67 bits per heavy atom. The van der Waals surface area contributed by atoms with Gasteiger partial charge in [-0.25, -0.2) is 4.39 Å². The van der Waals surface area contributed by atoms with Crippen LogP contribution >= 0.6 is 11.6 Å². The highest BCUT2D eigenvalue weighted by molar-refractivity contribution is 6.30. The third-order valence-corrected chi connectivity index (χ3v) is 6.74. The monoisotopic (exact) mass is 540 g/mol. The highest BCUT2D eigenvalue weighted by Gasteiger charge is 2.24. The zero-order valence-electron chi connectivity index (χ0n) is 21.6. The lowest BCUT2D eigenvalue weighted by Gasteiger charge is -2.19. The lowest BCUT2D eigenvalue weighted by molar-refractivity contribution is 0.0964. The number of carbonyl (C=O) groups is 1. The molecule has 1 aromatic heterocycles. The Kier molecular flexibility index (Phi) is 7.09. The van der Waals surface area contributed by atoms with Crippen molar-refractivity contribution in [2.45, 2.75) is 0 Å². The van der Waals surface area contributed by atoms with Crippen molar-refractivity contribution >= 4 is 51.8 Å². The van der Waals surface area contributed by atoms with Gasteiger partial charge in [-0.15, -0.1) is 0 Å². The van der Waals surface area contributed by atoms with E-state index in [2.05, 4.69) is 10.6 Å². The molecule has 0 unspecified atom stereocenters. The van der Waals surface area contributed by atoms with Crippen molar-refractivity contribution < 1.29 is 13.6 Å². The molecule has 0 aliphatic rings. The fourth-order valence-corrected chi connectivity index (χ4v) is 4.66. The molecule has 5 aromatic rings. The molecular formula is C31H26ClFN4O2. The van der Waals surface area contributed by atoms with Gasteiger partial charge in [0.15, 0.2) is 0 Å². The Bertz CT molecular complexity index is 1690. The third kappa shape index (κ3) is 5.09. The normalized spacial score (nSPS) is 10.9. The van der Waals surface area contributed by atoms with Gasteiger partial charge in [0.05, 0.1) is 5.56 Å². The standard InChI is InChI=1S/C31H26ClFN4O2/c1-35-31(38)29-25-15-24(19-4-5-20(17-34)26(14-19)36-23-12-8-21(32)9-13-23)27(37(2)3)16-28(25)39-30(29)18-6-10-22(33)11-7-18/h4-17,34,36H,1-3H3,(H,35,38). The first-order valence-corrected chi connectivity index (χ1v) is 12.6. The Balaban J connectivity index is 1.71. The summed E-state index contributed by atoms with van der Waals surface area (Å²) >= 11 is 6.05. The summed E-state index contributed by atoms with van der Waals surface area (Å²) in [6, 6.07) is 22.9. The molecule has 0 aliphatic carbocycles. The summed E-state index contributed by atoms with van der Waals surface area (Å²) in [5.74, 6) is -0.304. The van der Waals surface area contributed by atoms with E-state index in [1.54, 1.807) is 31.3 Å². The highest BCUT2D eigenvalue weighted by atomic mass is 35.5. The number of fused-ring (bicyclic) bond motifs is 1. The number of benzene rings is 4. The Morgan fingerprint density at radius 1 is 0.974 bits per heavy atom. The van der Waals surface area contributed by atoms with Gasteiger partial charge in [0.1, 0.15) is 17.2 Å². The zero-order chi connectivity index (χ0) is 27.7. The first kappa shape index (κ1) is 26.0. The van der Waals surface area contributed by atoms with Crippen LogP contribution in [0.25, 0.3) is 33.4 Å². The number of amides is 1. The molecule has 6 nitrogen and oxygen atoms in total. The molecule has 1 heterocycles. The Labute approximate surface area is 230 Å². The summed E-state index contributed by atoms with van der Waals surface area (Å²) in [5, 5.41) is 15.3. The molecule has 4 aromatic carbocycles. The van der Waals surface area contributed by atoms with Crippen LogP contribution in [0.5, 0.6) is 0 Å². The molecule has 0 aliphatic heterocycles. The highest BCUT2D eigenvalue weighted by Crippen LogP contribution is 2.41. The van der Waals surface area contributed by atoms with Crippen molar-refractivity contribution in [3.8, 4) is 22.5 Å². The van der Waals surface area contributed by atoms with E-state index in [0.29, 0.717) is 38.4 Å². The second-order valence-electron chi connectivity index (χ2n) is 9.23. The SMILES string of the molecule is CNC(=O)c1c(-c2ccc(F)cc2)oc2cc(N(C)C)c(-c3ccc(C=N)c(Nc4ccc(Cl)cc4)c3)cc12. The minimum Gasteiger partial charge on any atom is -0.455 e. The van der Waals surface area contributed by atoms with Gasteiger partial charge < -0.3 is 25.4 Å². The quantitative estimate of drug-likeness (QED) is 0.184. The Hall–Kier alpha value is -4.62. The summed E-state index contributed by atoms with van der Waals surface area (Å²) in [6.07, 6.45) is 1.30. The lowest BCUT2D eigenvalue weighted by atomic mass is 9.96. The van der Waals surface area contributed by atoms with Gasteiger partial charge in [0.2, 0.25) is 0 Å². The van der Waals surface area contributed by atoms with Gasteiger partial charge in [-0.1, -0.05) is 23.7 Å². The van der Waals surface area contributed by atoms with E-state index in [9.17, 15) is 9.18 Å². The van der Waals surface area contributed by atoms with Crippen molar-refractivity contribution in [2.24, 2.45) is 0 Å². The van der Waals surface area contributed by atoms with Crippen LogP contribution in [-0.2, 0) is 0 Å². The number of furan rings is 1. The topological polar surface area (TPSA) is 81.4 Å². The second kappa shape index (κ2) is 10.6. The third-order valence-electron chi connectivity index (χ3n) is 6.49. The molecule has 0 atom stereocenters. The number of nitrogens with one attached hydrogen (secondary N) is 3. The predicted molar refractivity (Wildman–Crippen MR) is 157 cm³/mol. The van der Waals surface area contributed by atoms with Crippen molar-refractivity contribution in [1.29, 1.82) is 5.41 Å². The predicted octanol–water partition coefficient (Wildman–Crippen LogP) is 7.73. The molecule has 3 N–H and O–H groups in total. The van der Waals surface area contributed by atoms with Crippen LogP contribution in [0.4, 0.5) is 21.5 Å². The van der Waals surface area contributed by atoms with Crippen LogP contribution < -0.4 is 15.5 Å². The summed E-state index contributed by atoms with van der Waals surface area (Å²) in [6.45, 7) is 0. The van der Waals surface area contributed by atoms with Crippen LogP contribution in [-0.4, -0.2) is 33.3 Å². The van der Waals surface area contributed by atoms with Gasteiger partial charge in [-0.2, -0.15) is 0 Å². The van der Waals surface area contributed by atoms with Crippen LogP contribution in [0.1, 0.15) is 15.9 Å². The van der Waals surface area contributed by atoms with Crippen LogP contribution in [0, 0.1) is 11.2 Å². The first-order chi connectivity index (χ1) is 18.8. The molecule has 0 saturated heterocycles. The van der Waals surface area contributed by atoms with Gasteiger partial charge in [-0.3, -0.25) is 4.79 Å². The number of nitrogens with zero attached hydrogens (tertiary/aromatic N) is 1. The van der Waals surface area contributed by atoms with E-state index < -0.39 is 0 Å². The molecule has 196 valence electrons. The van der Waals surface area contributed by atoms with Crippen molar-refractivity contribution in [3.05, 3.63) is 101 Å². The Morgan fingerprint density at radius 3 is 2.31 bits per heavy atom. The van der Waals surface area contributed by atoms with E-state index in [-0.39, 0.29) is 11.7 Å². The minimum absolute atomic E-state index is 0.305. The van der Waals surface area contributed by atoms with Gasteiger partial charge in [-0.05, 0) is 66.2 Å². The van der Waals surface area contributed by atoms with Gasteiger partial charge >= 0.3 is 0 Å². The van der Waals surface area contributed by atoms with Crippen molar-refractivity contribution in [3.63, 3.8) is 0 Å². The van der Waals surface area contributed by atoms with E-state index in [1.807, 2.05) is 61.5 Å². The molecule has 0 fully saturated rings. The maximum absolute atomic E-state index is 13.6. The van der Waals surface area contributed by atoms with Gasteiger partial charge in [0, 0.05) is 77.6 Å². The fraction of sp³-hybridized carbons (Fsp3) is 0.0968. The zero-order valence-corrected chi connectivity index (χ0v) is 22.4. The first-order valence-electron chi connectivity index (χ1n) is 12.2. The van der Waals surface area contributed by atoms with Crippen LogP contribution in [0.15, 0.2) is 83.3 Å². The molecule has 0 bridgehead atoms. The number of carbonyl (C=O) groups excluding carboxylic acids is 1. The van der Waals surface area contributed by atoms with Crippen molar-refractivity contribution in [2.75, 3.05) is 31.4 Å². The minimum atomic E-state index is -0.370. The van der Waals surface area contributed by atoms with Crippen LogP contribution in [0.2, 0.25) is 5.02 Å². The number of rotatable bonds is 7. The number of anilines is 3. The summed E-state index contributed by atoms with van der Waals surface area (Å²) in [5.41, 5.74) is 6.46. The molecule has 39 heavy (non-hydrogen) atoms. The lowest BCUT2D eigenvalue weighted by Crippen LogP contribution is -2.18. The average molecular weight is 541 g/mol. The summed E-state index contributed by atoms with van der Waals surface area (Å²) < 4.78 is 19.8. The van der Waals surface area contributed by atoms with E-state index in [0.717, 1.165) is 28.2 Å². The molecule has 5 rings (SSSR count). The number of halogens is 2. The van der Waals surface area contributed by atoms with E-state index >= 15 is 0 Å². The molecular weight excluding hydrogens is 515 g/mol. The fourth-order valence-electron chi connectivity index (χ4n) is 4.54. The largest absolute Gasteiger partial charge is 0.455 e. The molecule has 8 heteroatoms.